The molecule has 3 rings (SSSR count). The van der Waals surface area contributed by atoms with Gasteiger partial charge < -0.3 is 0 Å². The van der Waals surface area contributed by atoms with Crippen LogP contribution in [0.15, 0.2) is 22.1 Å². The second-order valence-electron chi connectivity index (χ2n) is 4.02. The van der Waals surface area contributed by atoms with Crippen molar-refractivity contribution in [1.29, 1.82) is 0 Å². The van der Waals surface area contributed by atoms with Gasteiger partial charge in [0.05, 0.1) is 15.9 Å². The Bertz CT molecular complexity index is 683. The number of halogens is 2. The maximum absolute atomic E-state index is 12.3. The first-order valence-electron chi connectivity index (χ1n) is 5.12. The van der Waals surface area contributed by atoms with E-state index in [0.29, 0.717) is 32.7 Å². The van der Waals surface area contributed by atoms with E-state index in [4.69, 9.17) is 23.2 Å². The minimum atomic E-state index is -0.0637. The number of nitrogens with zero attached hydrogens (tertiary/aromatic N) is 2. The largest absolute Gasteiger partial charge is 0.286 e. The zero-order valence-corrected chi connectivity index (χ0v) is 11.2. The quantitative estimate of drug-likeness (QED) is 0.698. The van der Waals surface area contributed by atoms with Crippen molar-refractivity contribution in [3.8, 4) is 0 Å². The van der Waals surface area contributed by atoms with Gasteiger partial charge in [-0.3, -0.25) is 9.36 Å². The maximum atomic E-state index is 12.3. The second kappa shape index (κ2) is 3.90. The van der Waals surface area contributed by atoms with Crippen molar-refractivity contribution in [2.45, 2.75) is 23.9 Å². The molecule has 0 aliphatic carbocycles. The highest BCUT2D eigenvalue weighted by Crippen LogP contribution is 2.32. The van der Waals surface area contributed by atoms with Crippen LogP contribution < -0.4 is 5.56 Å². The molecule has 1 unspecified atom stereocenters. The molecule has 1 aromatic carbocycles. The predicted octanol–water partition coefficient (Wildman–Crippen LogP) is 3.20. The van der Waals surface area contributed by atoms with Gasteiger partial charge in [-0.15, -0.1) is 0 Å². The third-order valence-corrected chi connectivity index (χ3v) is 4.27. The maximum Gasteiger partial charge on any atom is 0.262 e. The molecule has 0 bridgehead atoms. The van der Waals surface area contributed by atoms with E-state index in [0.717, 1.165) is 5.16 Å². The highest BCUT2D eigenvalue weighted by Gasteiger charge is 2.23. The third-order valence-electron chi connectivity index (χ3n) is 2.69. The summed E-state index contributed by atoms with van der Waals surface area (Å²) in [5.41, 5.74) is 0.472. The first-order valence-corrected chi connectivity index (χ1v) is 6.76. The van der Waals surface area contributed by atoms with Gasteiger partial charge in [-0.25, -0.2) is 4.98 Å². The standard InChI is InChI=1S/C11H8Cl2N2OS/c1-5-4-15-10(16)7-2-6(12)3-8(13)9(7)14-11(15)17-5/h2-3,5H,4H2,1H3. The van der Waals surface area contributed by atoms with Crippen LogP contribution in [-0.4, -0.2) is 14.8 Å². The van der Waals surface area contributed by atoms with Gasteiger partial charge in [0, 0.05) is 16.8 Å². The molecule has 2 heterocycles. The molecule has 2 aromatic rings. The molecule has 0 N–H and O–H groups in total. The van der Waals surface area contributed by atoms with Crippen molar-refractivity contribution in [3.63, 3.8) is 0 Å². The molecule has 1 atom stereocenters. The van der Waals surface area contributed by atoms with Crippen LogP contribution in [0.3, 0.4) is 0 Å². The molecule has 0 amide bonds. The van der Waals surface area contributed by atoms with E-state index < -0.39 is 0 Å². The number of aromatic nitrogens is 2. The molecule has 17 heavy (non-hydrogen) atoms. The smallest absolute Gasteiger partial charge is 0.262 e. The van der Waals surface area contributed by atoms with Crippen molar-refractivity contribution in [3.05, 3.63) is 32.5 Å². The number of benzene rings is 1. The molecule has 0 radical (unpaired) electrons. The lowest BCUT2D eigenvalue weighted by atomic mass is 10.2. The Morgan fingerprint density at radius 3 is 3.00 bits per heavy atom. The Labute approximate surface area is 112 Å². The molecule has 0 spiro atoms. The minimum absolute atomic E-state index is 0.0637. The monoisotopic (exact) mass is 286 g/mol. The number of thioether (sulfide) groups is 1. The van der Waals surface area contributed by atoms with Crippen molar-refractivity contribution >= 4 is 45.9 Å². The number of fused-ring (bicyclic) bond motifs is 2. The lowest BCUT2D eigenvalue weighted by molar-refractivity contribution is 0.629. The number of hydrogen-bond acceptors (Lipinski definition) is 3. The van der Waals surface area contributed by atoms with Crippen molar-refractivity contribution in [2.75, 3.05) is 0 Å². The van der Waals surface area contributed by atoms with E-state index in [1.165, 1.54) is 0 Å². The Kier molecular flexibility index (Phi) is 2.61. The molecular weight excluding hydrogens is 279 g/mol. The Morgan fingerprint density at radius 2 is 2.24 bits per heavy atom. The van der Waals surface area contributed by atoms with E-state index in [1.54, 1.807) is 28.5 Å². The first-order chi connectivity index (χ1) is 8.06. The molecule has 0 fully saturated rings. The fraction of sp³-hybridized carbons (Fsp3) is 0.273. The van der Waals surface area contributed by atoms with Gasteiger partial charge in [-0.1, -0.05) is 41.9 Å². The Balaban J connectivity index is 2.43. The van der Waals surface area contributed by atoms with Crippen LogP contribution in [0.25, 0.3) is 10.9 Å². The summed E-state index contributed by atoms with van der Waals surface area (Å²) in [5.74, 6) is 0. The van der Waals surface area contributed by atoms with Gasteiger partial charge in [0.1, 0.15) is 0 Å². The molecule has 3 nitrogen and oxygen atoms in total. The highest BCUT2D eigenvalue weighted by atomic mass is 35.5. The molecule has 1 aliphatic rings. The van der Waals surface area contributed by atoms with Crippen molar-refractivity contribution in [2.24, 2.45) is 0 Å². The van der Waals surface area contributed by atoms with Gasteiger partial charge in [0.25, 0.3) is 5.56 Å². The SMILES string of the molecule is CC1Cn2c(nc3c(Cl)cc(Cl)cc3c2=O)S1. The third kappa shape index (κ3) is 1.75. The van der Waals surface area contributed by atoms with E-state index in [1.807, 2.05) is 0 Å². The fourth-order valence-corrected chi connectivity index (χ4v) is 3.50. The van der Waals surface area contributed by atoms with Crippen LogP contribution in [-0.2, 0) is 6.54 Å². The van der Waals surface area contributed by atoms with E-state index in [9.17, 15) is 4.79 Å². The molecule has 6 heteroatoms. The van der Waals surface area contributed by atoms with E-state index >= 15 is 0 Å². The van der Waals surface area contributed by atoms with E-state index in [2.05, 4.69) is 11.9 Å². The highest BCUT2D eigenvalue weighted by molar-refractivity contribution is 7.99. The Morgan fingerprint density at radius 1 is 1.47 bits per heavy atom. The van der Waals surface area contributed by atoms with Crippen LogP contribution in [0, 0.1) is 0 Å². The zero-order chi connectivity index (χ0) is 12.2. The Hall–Kier alpha value is -0.710. The number of rotatable bonds is 0. The molecule has 88 valence electrons. The number of hydrogen-bond donors (Lipinski definition) is 0. The van der Waals surface area contributed by atoms with Crippen molar-refractivity contribution in [1.82, 2.24) is 9.55 Å². The zero-order valence-electron chi connectivity index (χ0n) is 8.91. The van der Waals surface area contributed by atoms with Crippen molar-refractivity contribution < 1.29 is 0 Å². The van der Waals surface area contributed by atoms with Crippen LogP contribution in [0.1, 0.15) is 6.92 Å². The molecule has 1 aliphatic heterocycles. The van der Waals surface area contributed by atoms with Gasteiger partial charge in [0.2, 0.25) is 0 Å². The molecule has 0 saturated heterocycles. The summed E-state index contributed by atoms with van der Waals surface area (Å²) in [7, 11) is 0. The molecule has 1 aromatic heterocycles. The topological polar surface area (TPSA) is 34.9 Å². The summed E-state index contributed by atoms with van der Waals surface area (Å²) in [4.78, 5) is 16.7. The van der Waals surface area contributed by atoms with Crippen LogP contribution in [0.2, 0.25) is 10.0 Å². The average Bonchev–Trinajstić information content (AvgIpc) is 2.62. The normalized spacial score (nSPS) is 18.6. The molecule has 0 saturated carbocycles. The van der Waals surface area contributed by atoms with Gasteiger partial charge in [0.15, 0.2) is 5.16 Å². The second-order valence-corrected chi connectivity index (χ2v) is 6.27. The molecular formula is C11H8Cl2N2OS. The summed E-state index contributed by atoms with van der Waals surface area (Å²) < 4.78 is 1.68. The van der Waals surface area contributed by atoms with Gasteiger partial charge >= 0.3 is 0 Å². The minimum Gasteiger partial charge on any atom is -0.286 e. The van der Waals surface area contributed by atoms with Crippen LogP contribution in [0.4, 0.5) is 0 Å². The van der Waals surface area contributed by atoms with E-state index in [-0.39, 0.29) is 5.56 Å². The first kappa shape index (κ1) is 11.4. The van der Waals surface area contributed by atoms with Gasteiger partial charge in [-0.05, 0) is 12.1 Å². The van der Waals surface area contributed by atoms with Gasteiger partial charge in [-0.2, -0.15) is 0 Å². The summed E-state index contributed by atoms with van der Waals surface area (Å²) in [6, 6.07) is 3.23. The summed E-state index contributed by atoms with van der Waals surface area (Å²) in [6.45, 7) is 2.75. The van der Waals surface area contributed by atoms with Crippen LogP contribution >= 0.6 is 35.0 Å². The summed E-state index contributed by atoms with van der Waals surface area (Å²) in [5, 5.41) is 2.47. The summed E-state index contributed by atoms with van der Waals surface area (Å²) in [6.07, 6.45) is 0. The lowest BCUT2D eigenvalue weighted by Gasteiger charge is -2.05. The van der Waals surface area contributed by atoms with Crippen LogP contribution in [0.5, 0.6) is 0 Å². The fourth-order valence-electron chi connectivity index (χ4n) is 1.96. The predicted molar refractivity (Wildman–Crippen MR) is 71.3 cm³/mol. The lowest BCUT2D eigenvalue weighted by Crippen LogP contribution is -2.21. The average molecular weight is 287 g/mol. The summed E-state index contributed by atoms with van der Waals surface area (Å²) >= 11 is 13.6.